The smallest absolute Gasteiger partial charge is 0.321 e. The van der Waals surface area contributed by atoms with Gasteiger partial charge in [-0.25, -0.2) is 4.39 Å². The molecular formula is C24H17FNO3P. The van der Waals surface area contributed by atoms with Crippen LogP contribution < -0.4 is 5.30 Å². The first kappa shape index (κ1) is 18.8. The zero-order valence-corrected chi connectivity index (χ0v) is 16.6. The van der Waals surface area contributed by atoms with Crippen molar-refractivity contribution in [1.29, 1.82) is 0 Å². The fraction of sp³-hybridized carbons (Fsp3) is 0. The third-order valence-corrected chi connectivity index (χ3v) is 6.23. The Hall–Kier alpha value is -3.24. The van der Waals surface area contributed by atoms with Crippen molar-refractivity contribution in [3.63, 3.8) is 0 Å². The number of nitrogens with zero attached hydrogens (tertiary/aromatic N) is 1. The average Bonchev–Trinajstić information content (AvgIpc) is 3.07. The van der Waals surface area contributed by atoms with Crippen molar-refractivity contribution in [1.82, 2.24) is 4.57 Å². The van der Waals surface area contributed by atoms with Gasteiger partial charge in [0.1, 0.15) is 5.82 Å². The second-order valence-corrected chi connectivity index (χ2v) is 8.76. The van der Waals surface area contributed by atoms with Crippen molar-refractivity contribution in [2.75, 3.05) is 0 Å². The van der Waals surface area contributed by atoms with Crippen LogP contribution in [0.2, 0.25) is 0 Å². The highest BCUT2D eigenvalue weighted by molar-refractivity contribution is 7.60. The largest absolute Gasteiger partial charge is 0.356 e. The quantitative estimate of drug-likeness (QED) is 0.387. The molecule has 0 amide bonds. The minimum absolute atomic E-state index is 0.00602. The molecule has 148 valence electrons. The van der Waals surface area contributed by atoms with E-state index in [4.69, 9.17) is 0 Å². The molecule has 2 N–H and O–H groups in total. The Labute approximate surface area is 172 Å². The van der Waals surface area contributed by atoms with Gasteiger partial charge in [0.2, 0.25) is 0 Å². The van der Waals surface area contributed by atoms with Crippen LogP contribution in [-0.4, -0.2) is 14.4 Å². The summed E-state index contributed by atoms with van der Waals surface area (Å²) in [5.74, 6) is -0.273. The molecule has 0 saturated heterocycles. The fourth-order valence-corrected chi connectivity index (χ4v) is 4.48. The summed E-state index contributed by atoms with van der Waals surface area (Å²) in [5, 5.41) is 1.82. The maximum absolute atomic E-state index is 13.9. The Kier molecular flexibility index (Phi) is 4.33. The van der Waals surface area contributed by atoms with Gasteiger partial charge in [-0.1, -0.05) is 42.5 Å². The fourth-order valence-electron chi connectivity index (χ4n) is 3.89. The van der Waals surface area contributed by atoms with Crippen molar-refractivity contribution in [2.24, 2.45) is 0 Å². The highest BCUT2D eigenvalue weighted by Crippen LogP contribution is 2.35. The van der Waals surface area contributed by atoms with E-state index in [-0.39, 0.29) is 11.1 Å². The molecule has 4 nitrogen and oxygen atoms in total. The molecule has 5 rings (SSSR count). The van der Waals surface area contributed by atoms with Crippen LogP contribution in [0.25, 0.3) is 38.6 Å². The van der Waals surface area contributed by atoms with E-state index in [1.54, 1.807) is 18.2 Å². The monoisotopic (exact) mass is 417 g/mol. The first-order valence-electron chi connectivity index (χ1n) is 9.37. The number of aromatic nitrogens is 1. The molecule has 0 spiro atoms. The Balaban J connectivity index is 1.65. The lowest BCUT2D eigenvalue weighted by atomic mass is 10.1. The molecule has 6 heteroatoms. The standard InChI is InChI=1S/C24H17FNO3P/c25-18-10-13-24-22(15-18)21-6-1-2-7-23(21)26(24)19-11-8-16(9-12-19)17-4-3-5-20(14-17)30(27,28)29/h1-15H,(H2,27,28,29). The molecule has 0 fully saturated rings. The van der Waals surface area contributed by atoms with Crippen LogP contribution >= 0.6 is 7.60 Å². The van der Waals surface area contributed by atoms with Crippen LogP contribution in [-0.2, 0) is 4.57 Å². The zero-order valence-electron chi connectivity index (χ0n) is 15.7. The third-order valence-electron chi connectivity index (χ3n) is 5.28. The van der Waals surface area contributed by atoms with Crippen molar-refractivity contribution < 1.29 is 18.7 Å². The molecule has 30 heavy (non-hydrogen) atoms. The Morgan fingerprint density at radius 3 is 2.20 bits per heavy atom. The van der Waals surface area contributed by atoms with Gasteiger partial charge in [-0.2, -0.15) is 0 Å². The summed E-state index contributed by atoms with van der Waals surface area (Å²) < 4.78 is 27.5. The lowest BCUT2D eigenvalue weighted by Crippen LogP contribution is -2.03. The van der Waals surface area contributed by atoms with Crippen molar-refractivity contribution >= 4 is 34.7 Å². The van der Waals surface area contributed by atoms with Gasteiger partial charge in [-0.15, -0.1) is 0 Å². The molecule has 0 radical (unpaired) electrons. The SMILES string of the molecule is O=P(O)(O)c1cccc(-c2ccc(-n3c4ccccc4c4cc(F)ccc43)cc2)c1. The maximum Gasteiger partial charge on any atom is 0.356 e. The van der Waals surface area contributed by atoms with Gasteiger partial charge in [0.25, 0.3) is 0 Å². The Morgan fingerprint density at radius 2 is 1.43 bits per heavy atom. The maximum atomic E-state index is 13.9. The molecular weight excluding hydrogens is 400 g/mol. The number of halogens is 1. The summed E-state index contributed by atoms with van der Waals surface area (Å²) >= 11 is 0. The summed E-state index contributed by atoms with van der Waals surface area (Å²) in [6, 6.07) is 26.8. The van der Waals surface area contributed by atoms with Crippen LogP contribution in [0.15, 0.2) is 91.0 Å². The highest BCUT2D eigenvalue weighted by Gasteiger charge is 2.17. The van der Waals surface area contributed by atoms with E-state index in [0.717, 1.165) is 38.6 Å². The Bertz CT molecular complexity index is 1450. The van der Waals surface area contributed by atoms with E-state index in [9.17, 15) is 18.7 Å². The van der Waals surface area contributed by atoms with Gasteiger partial charge in [0.15, 0.2) is 0 Å². The molecule has 1 heterocycles. The van der Waals surface area contributed by atoms with Crippen LogP contribution in [0.3, 0.4) is 0 Å². The molecule has 1 aromatic heterocycles. The number of benzene rings is 4. The zero-order chi connectivity index (χ0) is 20.9. The van der Waals surface area contributed by atoms with Crippen molar-refractivity contribution in [3.8, 4) is 16.8 Å². The second-order valence-electron chi connectivity index (χ2n) is 7.16. The summed E-state index contributed by atoms with van der Waals surface area (Å²) in [5.41, 5.74) is 4.39. The second kappa shape index (κ2) is 6.92. The Morgan fingerprint density at radius 1 is 0.700 bits per heavy atom. The van der Waals surface area contributed by atoms with E-state index >= 15 is 0 Å². The van der Waals surface area contributed by atoms with Crippen LogP contribution in [0.1, 0.15) is 0 Å². The van der Waals surface area contributed by atoms with Crippen molar-refractivity contribution in [3.05, 3.63) is 96.8 Å². The predicted molar refractivity (Wildman–Crippen MR) is 118 cm³/mol. The van der Waals surface area contributed by atoms with Crippen LogP contribution in [0.4, 0.5) is 4.39 Å². The van der Waals surface area contributed by atoms with Gasteiger partial charge in [-0.3, -0.25) is 4.57 Å². The van der Waals surface area contributed by atoms with Gasteiger partial charge >= 0.3 is 7.60 Å². The first-order chi connectivity index (χ1) is 14.4. The van der Waals surface area contributed by atoms with E-state index in [2.05, 4.69) is 4.57 Å². The lowest BCUT2D eigenvalue weighted by Gasteiger charge is -2.10. The van der Waals surface area contributed by atoms with Gasteiger partial charge < -0.3 is 14.4 Å². The number of rotatable bonds is 3. The molecule has 0 atom stereocenters. The molecule has 0 unspecified atom stereocenters. The summed E-state index contributed by atoms with van der Waals surface area (Å²) in [6.07, 6.45) is 0. The van der Waals surface area contributed by atoms with Gasteiger partial charge in [0, 0.05) is 16.5 Å². The average molecular weight is 417 g/mol. The van der Waals surface area contributed by atoms with Crippen LogP contribution in [0, 0.1) is 5.82 Å². The molecule has 0 bridgehead atoms. The summed E-state index contributed by atoms with van der Waals surface area (Å²) in [7, 11) is -4.31. The molecule has 5 aromatic rings. The molecule has 0 aliphatic rings. The molecule has 0 aliphatic carbocycles. The molecule has 0 saturated carbocycles. The van der Waals surface area contributed by atoms with E-state index in [1.165, 1.54) is 18.2 Å². The predicted octanol–water partition coefficient (Wildman–Crippen LogP) is 5.39. The third kappa shape index (κ3) is 3.14. The summed E-state index contributed by atoms with van der Waals surface area (Å²) in [4.78, 5) is 18.9. The topological polar surface area (TPSA) is 62.5 Å². The van der Waals surface area contributed by atoms with Gasteiger partial charge in [-0.05, 0) is 59.7 Å². The number of hydrogen-bond donors (Lipinski definition) is 2. The van der Waals surface area contributed by atoms with E-state index in [1.807, 2.05) is 54.6 Å². The van der Waals surface area contributed by atoms with E-state index in [0.29, 0.717) is 0 Å². The van der Waals surface area contributed by atoms with Crippen molar-refractivity contribution in [2.45, 2.75) is 0 Å². The number of hydrogen-bond acceptors (Lipinski definition) is 1. The molecule has 4 aromatic carbocycles. The van der Waals surface area contributed by atoms with Crippen LogP contribution in [0.5, 0.6) is 0 Å². The molecule has 0 aliphatic heterocycles. The first-order valence-corrected chi connectivity index (χ1v) is 11.0. The van der Waals surface area contributed by atoms with Gasteiger partial charge in [0.05, 0.1) is 16.3 Å². The highest BCUT2D eigenvalue weighted by atomic mass is 31.2. The summed E-state index contributed by atoms with van der Waals surface area (Å²) in [6.45, 7) is 0. The lowest BCUT2D eigenvalue weighted by molar-refractivity contribution is 0.387. The number of fused-ring (bicyclic) bond motifs is 3. The minimum atomic E-state index is -4.31. The van der Waals surface area contributed by atoms with E-state index < -0.39 is 7.60 Å². The minimum Gasteiger partial charge on any atom is -0.321 e. The number of para-hydroxylation sites is 1. The normalized spacial score (nSPS) is 12.0.